The van der Waals surface area contributed by atoms with Gasteiger partial charge in [0.05, 0.1) is 12.2 Å². The molecule has 0 fully saturated rings. The summed E-state index contributed by atoms with van der Waals surface area (Å²) in [7, 11) is 2.03. The van der Waals surface area contributed by atoms with Gasteiger partial charge in [0.25, 0.3) is 5.56 Å². The molecule has 186 valence electrons. The Morgan fingerprint density at radius 2 is 1.89 bits per heavy atom. The normalized spacial score (nSPS) is 12.0. The highest BCUT2D eigenvalue weighted by Crippen LogP contribution is 2.21. The van der Waals surface area contributed by atoms with E-state index < -0.39 is 12.1 Å². The van der Waals surface area contributed by atoms with Crippen molar-refractivity contribution in [2.45, 2.75) is 33.2 Å². The molecule has 8 heteroatoms. The van der Waals surface area contributed by atoms with Crippen molar-refractivity contribution in [1.29, 1.82) is 0 Å². The second kappa shape index (κ2) is 12.1. The minimum absolute atomic E-state index is 0.162. The smallest absolute Gasteiger partial charge is 0.406 e. The third kappa shape index (κ3) is 8.81. The van der Waals surface area contributed by atoms with E-state index in [0.717, 1.165) is 30.3 Å². The predicted molar refractivity (Wildman–Crippen MR) is 137 cm³/mol. The van der Waals surface area contributed by atoms with Crippen LogP contribution in [0.25, 0.3) is 5.70 Å². The molecule has 5 nitrogen and oxygen atoms in total. The van der Waals surface area contributed by atoms with Crippen molar-refractivity contribution < 1.29 is 17.9 Å². The monoisotopic (exact) mass is 485 g/mol. The lowest BCUT2D eigenvalue weighted by Crippen LogP contribution is -2.20. The molecular weight excluding hydrogens is 455 g/mol. The number of alkyl halides is 3. The van der Waals surface area contributed by atoms with Crippen LogP contribution in [0.15, 0.2) is 95.6 Å². The zero-order valence-electron chi connectivity index (χ0n) is 20.2. The number of halogens is 3. The molecule has 0 amide bonds. The highest BCUT2D eigenvalue weighted by Gasteiger charge is 2.30. The van der Waals surface area contributed by atoms with Gasteiger partial charge in [-0.05, 0) is 48.8 Å². The molecule has 0 radical (unpaired) electrons. The number of aliphatic imine (C=N–C) groups is 1. The zero-order chi connectivity index (χ0) is 26.2. The van der Waals surface area contributed by atoms with Crippen molar-refractivity contribution in [2.75, 3.05) is 18.5 Å². The molecule has 35 heavy (non-hydrogen) atoms. The van der Waals surface area contributed by atoms with Gasteiger partial charge in [-0.1, -0.05) is 44.9 Å². The molecule has 0 N–H and O–H groups in total. The number of nitrogens with zero attached hydrogens (tertiary/aromatic N) is 3. The van der Waals surface area contributed by atoms with Crippen LogP contribution in [0.2, 0.25) is 0 Å². The second-order valence-corrected chi connectivity index (χ2v) is 7.99. The molecule has 0 spiro atoms. The molecule has 1 aromatic carbocycles. The summed E-state index contributed by atoms with van der Waals surface area (Å²) in [4.78, 5) is 19.0. The SMILES string of the molecule is C=C(/C=C\C(=C)C(C)=NC(=C)c1ccc(=O)n(Cc2cccc(N(C)CCC)c2)c1)OC(F)(F)F. The van der Waals surface area contributed by atoms with Crippen molar-refractivity contribution >= 4 is 17.1 Å². The minimum atomic E-state index is -4.81. The number of hydrogen-bond acceptors (Lipinski definition) is 4. The van der Waals surface area contributed by atoms with E-state index in [2.05, 4.69) is 47.4 Å². The summed E-state index contributed by atoms with van der Waals surface area (Å²) in [6, 6.07) is 11.1. The van der Waals surface area contributed by atoms with Gasteiger partial charge < -0.3 is 14.2 Å². The summed E-state index contributed by atoms with van der Waals surface area (Å²) in [5.74, 6) is -0.567. The maximum atomic E-state index is 12.5. The van der Waals surface area contributed by atoms with Crippen LogP contribution < -0.4 is 10.5 Å². The highest BCUT2D eigenvalue weighted by atomic mass is 19.4. The lowest BCUT2D eigenvalue weighted by molar-refractivity contribution is -0.303. The number of allylic oxidation sites excluding steroid dienone is 3. The van der Waals surface area contributed by atoms with Crippen molar-refractivity contribution in [3.05, 3.63) is 107 Å². The number of benzene rings is 1. The molecule has 1 heterocycles. The van der Waals surface area contributed by atoms with Gasteiger partial charge in [-0.15, -0.1) is 13.2 Å². The molecule has 2 rings (SSSR count). The topological polar surface area (TPSA) is 46.8 Å². The fourth-order valence-electron chi connectivity index (χ4n) is 3.21. The lowest BCUT2D eigenvalue weighted by atomic mass is 10.1. The van der Waals surface area contributed by atoms with Gasteiger partial charge in [0.1, 0.15) is 5.76 Å². The molecule has 0 saturated carbocycles. The second-order valence-electron chi connectivity index (χ2n) is 7.99. The van der Waals surface area contributed by atoms with E-state index in [0.29, 0.717) is 29.1 Å². The molecule has 0 unspecified atom stereocenters. The number of pyridine rings is 1. The molecule has 1 aromatic heterocycles. The first-order valence-electron chi connectivity index (χ1n) is 11.0. The van der Waals surface area contributed by atoms with Crippen molar-refractivity contribution in [3.63, 3.8) is 0 Å². The van der Waals surface area contributed by atoms with E-state index in [9.17, 15) is 18.0 Å². The fraction of sp³-hybridized carbons (Fsp3) is 0.259. The molecule has 0 bridgehead atoms. The molecule has 0 atom stereocenters. The van der Waals surface area contributed by atoms with Crippen LogP contribution in [0.4, 0.5) is 18.9 Å². The Hall–Kier alpha value is -3.81. The molecule has 0 aliphatic heterocycles. The number of ether oxygens (including phenoxy) is 1. The number of aromatic nitrogens is 1. The van der Waals surface area contributed by atoms with E-state index in [4.69, 9.17) is 0 Å². The summed E-state index contributed by atoms with van der Waals surface area (Å²) in [5.41, 5.74) is 3.71. The van der Waals surface area contributed by atoms with Crippen molar-refractivity contribution in [2.24, 2.45) is 4.99 Å². The Morgan fingerprint density at radius 3 is 2.54 bits per heavy atom. The van der Waals surface area contributed by atoms with E-state index in [-0.39, 0.29) is 5.56 Å². The molecule has 2 aromatic rings. The quantitative estimate of drug-likeness (QED) is 0.212. The van der Waals surface area contributed by atoms with E-state index in [1.807, 2.05) is 25.2 Å². The first-order chi connectivity index (χ1) is 16.4. The Balaban J connectivity index is 2.17. The van der Waals surface area contributed by atoms with Crippen LogP contribution in [0.5, 0.6) is 0 Å². The summed E-state index contributed by atoms with van der Waals surface area (Å²) in [5, 5.41) is 0. The van der Waals surface area contributed by atoms with Crippen molar-refractivity contribution in [3.8, 4) is 0 Å². The van der Waals surface area contributed by atoms with Crippen LogP contribution in [0.3, 0.4) is 0 Å². The maximum Gasteiger partial charge on any atom is 0.573 e. The molecule has 0 saturated heterocycles. The first-order valence-corrected chi connectivity index (χ1v) is 11.0. The van der Waals surface area contributed by atoms with Gasteiger partial charge in [0.15, 0.2) is 0 Å². The lowest BCUT2D eigenvalue weighted by Gasteiger charge is -2.19. The zero-order valence-corrected chi connectivity index (χ0v) is 20.2. The third-order valence-electron chi connectivity index (χ3n) is 5.06. The minimum Gasteiger partial charge on any atom is -0.406 e. The standard InChI is InChI=1S/C27H30F3N3O2/c1-7-15-32(6)25-10-8-9-23(16-25)17-33-18-24(13-14-26(33)34)22(5)31-21(4)19(2)11-12-20(3)35-27(28,29)30/h8-14,16,18H,2-3,5,7,15,17H2,1,4,6H3/b12-11-,31-21?. The number of rotatable bonds is 11. The van der Waals surface area contributed by atoms with Crippen LogP contribution in [-0.4, -0.2) is 30.2 Å². The summed E-state index contributed by atoms with van der Waals surface area (Å²) >= 11 is 0. The highest BCUT2D eigenvalue weighted by molar-refractivity contribution is 6.02. The third-order valence-corrected chi connectivity index (χ3v) is 5.06. The van der Waals surface area contributed by atoms with Gasteiger partial charge >= 0.3 is 6.36 Å². The average Bonchev–Trinajstić information content (AvgIpc) is 2.78. The summed E-state index contributed by atoms with van der Waals surface area (Å²) in [6.07, 6.45) is 0.285. The Bertz CT molecular complexity index is 1210. The molecular formula is C27H30F3N3O2. The van der Waals surface area contributed by atoms with E-state index in [1.54, 1.807) is 23.8 Å². The first kappa shape index (κ1) is 27.4. The van der Waals surface area contributed by atoms with Gasteiger partial charge in [-0.2, -0.15) is 0 Å². The van der Waals surface area contributed by atoms with Gasteiger partial charge in [-0.3, -0.25) is 9.79 Å². The number of anilines is 1. The van der Waals surface area contributed by atoms with Gasteiger partial charge in [0.2, 0.25) is 0 Å². The fourth-order valence-corrected chi connectivity index (χ4v) is 3.21. The average molecular weight is 486 g/mol. The molecule has 0 aliphatic rings. The van der Waals surface area contributed by atoms with E-state index in [1.165, 1.54) is 12.1 Å². The van der Waals surface area contributed by atoms with Crippen LogP contribution in [0.1, 0.15) is 31.4 Å². The number of hydrogen-bond donors (Lipinski definition) is 0. The predicted octanol–water partition coefficient (Wildman–Crippen LogP) is 6.34. The molecule has 0 aliphatic carbocycles. The van der Waals surface area contributed by atoms with Crippen molar-refractivity contribution in [1.82, 2.24) is 4.57 Å². The van der Waals surface area contributed by atoms with Gasteiger partial charge in [-0.25, -0.2) is 0 Å². The Labute approximate surface area is 203 Å². The van der Waals surface area contributed by atoms with Crippen LogP contribution >= 0.6 is 0 Å². The maximum absolute atomic E-state index is 12.5. The summed E-state index contributed by atoms with van der Waals surface area (Å²) < 4.78 is 42.0. The Kier molecular flexibility index (Phi) is 9.45. The Morgan fingerprint density at radius 1 is 1.17 bits per heavy atom. The largest absolute Gasteiger partial charge is 0.573 e. The van der Waals surface area contributed by atoms with Crippen LogP contribution in [0, 0.1) is 0 Å². The van der Waals surface area contributed by atoms with Gasteiger partial charge in [0, 0.05) is 42.8 Å². The van der Waals surface area contributed by atoms with Crippen LogP contribution in [-0.2, 0) is 11.3 Å². The summed E-state index contributed by atoms with van der Waals surface area (Å²) in [6.45, 7) is 16.0. The van der Waals surface area contributed by atoms with E-state index >= 15 is 0 Å².